The molecule has 0 aliphatic carbocycles. The largest absolute Gasteiger partial charge is 0.493 e. The molecule has 29 heavy (non-hydrogen) atoms. The van der Waals surface area contributed by atoms with Gasteiger partial charge in [-0.1, -0.05) is 24.3 Å². The molecule has 0 spiro atoms. The van der Waals surface area contributed by atoms with Crippen LogP contribution in [0.25, 0.3) is 32.9 Å². The lowest BCUT2D eigenvalue weighted by Gasteiger charge is -2.16. The summed E-state index contributed by atoms with van der Waals surface area (Å²) in [5, 5.41) is 2.03. The van der Waals surface area contributed by atoms with E-state index in [2.05, 4.69) is 6.07 Å². The number of ether oxygens (including phenoxy) is 4. The second kappa shape index (κ2) is 8.45. The number of benzene rings is 3. The number of halogens is 1. The molecule has 0 saturated carbocycles. The molecular formula is C23H22ClNO4. The van der Waals surface area contributed by atoms with Crippen LogP contribution in [0.2, 0.25) is 0 Å². The van der Waals surface area contributed by atoms with Crippen molar-refractivity contribution in [2.24, 2.45) is 0 Å². The van der Waals surface area contributed by atoms with E-state index in [1.54, 1.807) is 28.4 Å². The van der Waals surface area contributed by atoms with Crippen molar-refractivity contribution in [1.82, 2.24) is 4.98 Å². The summed E-state index contributed by atoms with van der Waals surface area (Å²) >= 11 is 0. The van der Waals surface area contributed by atoms with Crippen molar-refractivity contribution in [3.05, 3.63) is 54.6 Å². The third-order valence-electron chi connectivity index (χ3n) is 4.86. The summed E-state index contributed by atoms with van der Waals surface area (Å²) in [5.41, 5.74) is 3.81. The van der Waals surface area contributed by atoms with Gasteiger partial charge in [0, 0.05) is 22.4 Å². The van der Waals surface area contributed by atoms with Crippen molar-refractivity contribution in [2.45, 2.75) is 0 Å². The van der Waals surface area contributed by atoms with Gasteiger partial charge in [-0.25, -0.2) is 4.98 Å². The van der Waals surface area contributed by atoms with E-state index in [9.17, 15) is 0 Å². The van der Waals surface area contributed by atoms with Crippen molar-refractivity contribution in [3.8, 4) is 34.1 Å². The van der Waals surface area contributed by atoms with Crippen LogP contribution in [0.5, 0.6) is 23.0 Å². The maximum absolute atomic E-state index is 5.53. The number of fused-ring (bicyclic) bond motifs is 2. The van der Waals surface area contributed by atoms with E-state index in [-0.39, 0.29) is 12.4 Å². The van der Waals surface area contributed by atoms with Crippen LogP contribution >= 0.6 is 12.4 Å². The van der Waals surface area contributed by atoms with Crippen LogP contribution in [0.4, 0.5) is 0 Å². The van der Waals surface area contributed by atoms with Crippen molar-refractivity contribution in [3.63, 3.8) is 0 Å². The van der Waals surface area contributed by atoms with Gasteiger partial charge in [0.15, 0.2) is 23.0 Å². The fourth-order valence-electron chi connectivity index (χ4n) is 3.52. The lowest BCUT2D eigenvalue weighted by atomic mass is 9.95. The van der Waals surface area contributed by atoms with Crippen LogP contribution in [0.15, 0.2) is 54.6 Å². The van der Waals surface area contributed by atoms with Gasteiger partial charge in [-0.3, -0.25) is 0 Å². The Kier molecular flexibility index (Phi) is 5.99. The van der Waals surface area contributed by atoms with Gasteiger partial charge < -0.3 is 18.9 Å². The van der Waals surface area contributed by atoms with Gasteiger partial charge in [-0.15, -0.1) is 12.4 Å². The summed E-state index contributed by atoms with van der Waals surface area (Å²) in [4.78, 5) is 4.83. The van der Waals surface area contributed by atoms with Crippen molar-refractivity contribution >= 4 is 34.2 Å². The minimum Gasteiger partial charge on any atom is -0.493 e. The molecule has 0 unspecified atom stereocenters. The van der Waals surface area contributed by atoms with Crippen molar-refractivity contribution in [2.75, 3.05) is 28.4 Å². The van der Waals surface area contributed by atoms with Crippen molar-refractivity contribution < 1.29 is 18.9 Å². The number of methoxy groups -OCH3 is 4. The highest BCUT2D eigenvalue weighted by Gasteiger charge is 2.16. The highest BCUT2D eigenvalue weighted by Crippen LogP contribution is 2.42. The molecule has 0 aliphatic heterocycles. The molecule has 1 heterocycles. The normalized spacial score (nSPS) is 10.5. The zero-order valence-corrected chi connectivity index (χ0v) is 17.5. The first-order valence-electron chi connectivity index (χ1n) is 8.87. The minimum absolute atomic E-state index is 0. The lowest BCUT2D eigenvalue weighted by Crippen LogP contribution is -1.95. The molecule has 5 nitrogen and oxygen atoms in total. The fourth-order valence-corrected chi connectivity index (χ4v) is 3.52. The van der Waals surface area contributed by atoms with E-state index in [4.69, 9.17) is 23.9 Å². The van der Waals surface area contributed by atoms with E-state index in [0.29, 0.717) is 23.0 Å². The zero-order chi connectivity index (χ0) is 19.7. The Bertz CT molecular complexity index is 1180. The summed E-state index contributed by atoms with van der Waals surface area (Å²) in [6.07, 6.45) is 0. The predicted molar refractivity (Wildman–Crippen MR) is 118 cm³/mol. The molecule has 0 bridgehead atoms. The van der Waals surface area contributed by atoms with Crippen LogP contribution in [-0.2, 0) is 0 Å². The van der Waals surface area contributed by atoms with Gasteiger partial charge in [0.2, 0.25) is 0 Å². The summed E-state index contributed by atoms with van der Waals surface area (Å²) < 4.78 is 21.9. The average Bonchev–Trinajstić information content (AvgIpc) is 2.75. The lowest BCUT2D eigenvalue weighted by molar-refractivity contribution is 0.355. The van der Waals surface area contributed by atoms with Crippen LogP contribution < -0.4 is 18.9 Å². The molecule has 4 aromatic rings. The molecule has 150 valence electrons. The summed E-state index contributed by atoms with van der Waals surface area (Å²) in [6, 6.07) is 17.9. The standard InChI is InChI=1S/C23H21NO4.ClH/c1-25-19-10-9-14(11-20(19)26-2)23-15-7-5-6-8-17(15)24-18-13-22(28-4)21(27-3)12-16(18)23;/h5-13H,1-4H3;1H. The van der Waals surface area contributed by atoms with Gasteiger partial charge in [-0.2, -0.15) is 0 Å². The molecule has 0 saturated heterocycles. The molecule has 0 fully saturated rings. The molecule has 0 radical (unpaired) electrons. The molecule has 0 amide bonds. The summed E-state index contributed by atoms with van der Waals surface area (Å²) in [7, 11) is 6.53. The third-order valence-corrected chi connectivity index (χ3v) is 4.86. The predicted octanol–water partition coefficient (Wildman–Crippen LogP) is 5.51. The second-order valence-corrected chi connectivity index (χ2v) is 6.30. The number of hydrogen-bond acceptors (Lipinski definition) is 5. The highest BCUT2D eigenvalue weighted by molar-refractivity contribution is 6.10. The van der Waals surface area contributed by atoms with E-state index in [1.165, 1.54) is 0 Å². The Hall–Kier alpha value is -3.18. The Morgan fingerprint density at radius 2 is 1.21 bits per heavy atom. The van der Waals surface area contributed by atoms with E-state index in [1.807, 2.05) is 48.5 Å². The highest BCUT2D eigenvalue weighted by atomic mass is 35.5. The smallest absolute Gasteiger partial charge is 0.162 e. The zero-order valence-electron chi connectivity index (χ0n) is 16.7. The molecule has 3 aromatic carbocycles. The molecule has 6 heteroatoms. The maximum Gasteiger partial charge on any atom is 0.162 e. The van der Waals surface area contributed by atoms with E-state index >= 15 is 0 Å². The topological polar surface area (TPSA) is 49.8 Å². The van der Waals surface area contributed by atoms with Crippen LogP contribution in [0.1, 0.15) is 0 Å². The first-order valence-corrected chi connectivity index (χ1v) is 8.87. The monoisotopic (exact) mass is 411 g/mol. The maximum atomic E-state index is 5.53. The third kappa shape index (κ3) is 3.49. The first kappa shape index (κ1) is 20.6. The number of nitrogens with zero attached hydrogens (tertiary/aromatic N) is 1. The number of hydrogen-bond donors (Lipinski definition) is 0. The van der Waals surface area contributed by atoms with E-state index < -0.39 is 0 Å². The molecule has 0 atom stereocenters. The molecule has 1 aromatic heterocycles. The number of pyridine rings is 1. The Balaban J connectivity index is 0.00000240. The van der Waals surface area contributed by atoms with Crippen LogP contribution in [-0.4, -0.2) is 33.4 Å². The van der Waals surface area contributed by atoms with Crippen molar-refractivity contribution in [1.29, 1.82) is 0 Å². The molecular weight excluding hydrogens is 390 g/mol. The van der Waals surface area contributed by atoms with E-state index in [0.717, 1.165) is 32.9 Å². The molecule has 4 rings (SSSR count). The Morgan fingerprint density at radius 3 is 1.90 bits per heavy atom. The molecule has 0 N–H and O–H groups in total. The quantitative estimate of drug-likeness (QED) is 0.405. The number of rotatable bonds is 5. The number of para-hydroxylation sites is 1. The van der Waals surface area contributed by atoms with Gasteiger partial charge in [-0.05, 0) is 29.8 Å². The fraction of sp³-hybridized carbons (Fsp3) is 0.174. The SMILES string of the molecule is COc1ccc(-c2c3ccccc3nc3cc(OC)c(OC)cc23)cc1OC.Cl. The summed E-state index contributed by atoms with van der Waals surface area (Å²) in [5.74, 6) is 2.67. The Morgan fingerprint density at radius 1 is 0.586 bits per heavy atom. The number of aromatic nitrogens is 1. The van der Waals surface area contributed by atoms with Gasteiger partial charge in [0.1, 0.15) is 0 Å². The minimum atomic E-state index is 0. The first-order chi connectivity index (χ1) is 13.7. The Labute approximate surface area is 175 Å². The summed E-state index contributed by atoms with van der Waals surface area (Å²) in [6.45, 7) is 0. The van der Waals surface area contributed by atoms with Crippen LogP contribution in [0, 0.1) is 0 Å². The van der Waals surface area contributed by atoms with Gasteiger partial charge >= 0.3 is 0 Å². The van der Waals surface area contributed by atoms with Crippen LogP contribution in [0.3, 0.4) is 0 Å². The molecule has 0 aliphatic rings. The second-order valence-electron chi connectivity index (χ2n) is 6.30. The average molecular weight is 412 g/mol. The van der Waals surface area contributed by atoms with Gasteiger partial charge in [0.25, 0.3) is 0 Å². The van der Waals surface area contributed by atoms with Gasteiger partial charge in [0.05, 0.1) is 39.5 Å².